The number of hydrogen-bond acceptors (Lipinski definition) is 6. The van der Waals surface area contributed by atoms with Crippen LogP contribution < -0.4 is 0 Å². The van der Waals surface area contributed by atoms with Crippen LogP contribution in [-0.4, -0.2) is 31.3 Å². The first kappa shape index (κ1) is 17.2. The standard InChI is InChI=1S/C16H13ClO5S/c1-21-15(19)11-7-8-12(14(18)13(11)16(20)22-2)23-10-5-3-9(17)4-6-10/h3-8,18H,1-2H3. The molecule has 0 aliphatic rings. The summed E-state index contributed by atoms with van der Waals surface area (Å²) in [5, 5.41) is 11.0. The maximum atomic E-state index is 11.9. The first-order chi connectivity index (χ1) is 11.0. The average Bonchev–Trinajstić information content (AvgIpc) is 2.57. The van der Waals surface area contributed by atoms with E-state index in [1.54, 1.807) is 24.3 Å². The van der Waals surface area contributed by atoms with Crippen LogP contribution in [0, 0.1) is 0 Å². The van der Waals surface area contributed by atoms with E-state index in [1.165, 1.54) is 38.1 Å². The number of methoxy groups -OCH3 is 2. The van der Waals surface area contributed by atoms with E-state index in [0.717, 1.165) is 4.90 Å². The lowest BCUT2D eigenvalue weighted by molar-refractivity contribution is 0.0551. The Bertz CT molecular complexity index is 743. The van der Waals surface area contributed by atoms with Gasteiger partial charge in [0.05, 0.1) is 24.7 Å². The van der Waals surface area contributed by atoms with Crippen LogP contribution in [0.25, 0.3) is 0 Å². The summed E-state index contributed by atoms with van der Waals surface area (Å²) in [6.07, 6.45) is 0. The highest BCUT2D eigenvalue weighted by Gasteiger charge is 2.25. The zero-order valence-electron chi connectivity index (χ0n) is 12.3. The lowest BCUT2D eigenvalue weighted by atomic mass is 10.1. The second-order valence-corrected chi connectivity index (χ2v) is 5.93. The quantitative estimate of drug-likeness (QED) is 0.844. The van der Waals surface area contributed by atoms with Crippen molar-refractivity contribution in [2.24, 2.45) is 0 Å². The van der Waals surface area contributed by atoms with Crippen molar-refractivity contribution in [3.63, 3.8) is 0 Å². The zero-order chi connectivity index (χ0) is 17.0. The van der Waals surface area contributed by atoms with Gasteiger partial charge in [0.25, 0.3) is 0 Å². The Morgan fingerprint density at radius 1 is 1.00 bits per heavy atom. The fourth-order valence-corrected chi connectivity index (χ4v) is 2.86. The number of phenolic OH excluding ortho intramolecular Hbond substituents is 1. The van der Waals surface area contributed by atoms with Gasteiger partial charge in [-0.25, -0.2) is 9.59 Å². The predicted molar refractivity (Wildman–Crippen MR) is 86.4 cm³/mol. The highest BCUT2D eigenvalue weighted by molar-refractivity contribution is 7.99. The van der Waals surface area contributed by atoms with Crippen molar-refractivity contribution >= 4 is 35.3 Å². The summed E-state index contributed by atoms with van der Waals surface area (Å²) < 4.78 is 9.26. The molecule has 0 aromatic heterocycles. The van der Waals surface area contributed by atoms with Crippen LogP contribution >= 0.6 is 23.4 Å². The van der Waals surface area contributed by atoms with Gasteiger partial charge in [-0.1, -0.05) is 23.4 Å². The van der Waals surface area contributed by atoms with E-state index in [2.05, 4.69) is 9.47 Å². The Kier molecular flexibility index (Phi) is 5.52. The third kappa shape index (κ3) is 3.78. The SMILES string of the molecule is COC(=O)c1ccc(Sc2ccc(Cl)cc2)c(O)c1C(=O)OC. The van der Waals surface area contributed by atoms with E-state index in [4.69, 9.17) is 11.6 Å². The van der Waals surface area contributed by atoms with Crippen LogP contribution in [-0.2, 0) is 9.47 Å². The first-order valence-electron chi connectivity index (χ1n) is 6.44. The van der Waals surface area contributed by atoms with Gasteiger partial charge in [-0.3, -0.25) is 0 Å². The van der Waals surface area contributed by atoms with Crippen molar-refractivity contribution in [3.8, 4) is 5.75 Å². The van der Waals surface area contributed by atoms with Gasteiger partial charge in [0.2, 0.25) is 0 Å². The molecule has 0 spiro atoms. The minimum atomic E-state index is -0.818. The number of rotatable bonds is 4. The number of aromatic hydroxyl groups is 1. The monoisotopic (exact) mass is 352 g/mol. The van der Waals surface area contributed by atoms with Gasteiger partial charge in [0, 0.05) is 9.92 Å². The Morgan fingerprint density at radius 2 is 1.61 bits per heavy atom. The summed E-state index contributed by atoms with van der Waals surface area (Å²) in [5.41, 5.74) is -0.282. The number of esters is 2. The number of halogens is 1. The second kappa shape index (κ2) is 7.39. The molecule has 0 saturated carbocycles. The average molecular weight is 353 g/mol. The number of carbonyl (C=O) groups excluding carboxylic acids is 2. The van der Waals surface area contributed by atoms with Gasteiger partial charge in [-0.2, -0.15) is 0 Å². The van der Waals surface area contributed by atoms with Crippen LogP contribution in [0.5, 0.6) is 5.75 Å². The molecule has 2 aromatic carbocycles. The molecule has 0 amide bonds. The molecule has 0 atom stereocenters. The molecule has 0 radical (unpaired) electrons. The molecule has 2 aromatic rings. The van der Waals surface area contributed by atoms with Gasteiger partial charge in [0.15, 0.2) is 0 Å². The van der Waals surface area contributed by atoms with Crippen LogP contribution in [0.3, 0.4) is 0 Å². The number of benzene rings is 2. The number of ether oxygens (including phenoxy) is 2. The number of hydrogen-bond donors (Lipinski definition) is 1. The van der Waals surface area contributed by atoms with E-state index in [1.807, 2.05) is 0 Å². The lowest BCUT2D eigenvalue weighted by Crippen LogP contribution is -2.12. The molecular weight excluding hydrogens is 340 g/mol. The van der Waals surface area contributed by atoms with Crippen molar-refractivity contribution in [1.82, 2.24) is 0 Å². The summed E-state index contributed by atoms with van der Waals surface area (Å²) in [7, 11) is 2.36. The van der Waals surface area contributed by atoms with E-state index >= 15 is 0 Å². The second-order valence-electron chi connectivity index (χ2n) is 4.37. The summed E-state index contributed by atoms with van der Waals surface area (Å²) in [6, 6.07) is 9.93. The number of phenols is 1. The molecule has 120 valence electrons. The number of carbonyl (C=O) groups is 2. The van der Waals surface area contributed by atoms with E-state index in [0.29, 0.717) is 9.92 Å². The van der Waals surface area contributed by atoms with E-state index in [-0.39, 0.29) is 16.9 Å². The highest BCUT2D eigenvalue weighted by Crippen LogP contribution is 2.38. The Balaban J connectivity index is 2.47. The molecule has 0 aliphatic carbocycles. The van der Waals surface area contributed by atoms with Gasteiger partial charge < -0.3 is 14.6 Å². The van der Waals surface area contributed by atoms with Crippen molar-refractivity contribution in [3.05, 3.63) is 52.5 Å². The summed E-state index contributed by atoms with van der Waals surface area (Å²) in [6.45, 7) is 0. The molecular formula is C16H13ClO5S. The molecule has 23 heavy (non-hydrogen) atoms. The maximum Gasteiger partial charge on any atom is 0.342 e. The van der Waals surface area contributed by atoms with Crippen LogP contribution in [0.4, 0.5) is 0 Å². The Morgan fingerprint density at radius 3 is 2.17 bits per heavy atom. The summed E-state index contributed by atoms with van der Waals surface area (Å²) in [5.74, 6) is -1.88. The minimum absolute atomic E-state index is 0.0580. The Labute approximate surface area is 142 Å². The molecule has 0 heterocycles. The van der Waals surface area contributed by atoms with Crippen LogP contribution in [0.15, 0.2) is 46.2 Å². The normalized spacial score (nSPS) is 10.2. The molecule has 0 unspecified atom stereocenters. The van der Waals surface area contributed by atoms with Crippen molar-refractivity contribution < 1.29 is 24.2 Å². The van der Waals surface area contributed by atoms with Crippen LogP contribution in [0.1, 0.15) is 20.7 Å². The molecule has 5 nitrogen and oxygen atoms in total. The smallest absolute Gasteiger partial charge is 0.342 e. The maximum absolute atomic E-state index is 11.9. The largest absolute Gasteiger partial charge is 0.506 e. The van der Waals surface area contributed by atoms with Gasteiger partial charge in [-0.05, 0) is 36.4 Å². The van der Waals surface area contributed by atoms with Crippen molar-refractivity contribution in [1.29, 1.82) is 0 Å². The topological polar surface area (TPSA) is 72.8 Å². The molecule has 7 heteroatoms. The molecule has 0 bridgehead atoms. The molecule has 0 fully saturated rings. The van der Waals surface area contributed by atoms with Gasteiger partial charge in [-0.15, -0.1) is 0 Å². The summed E-state index contributed by atoms with van der Waals surface area (Å²) >= 11 is 7.06. The summed E-state index contributed by atoms with van der Waals surface area (Å²) in [4.78, 5) is 24.9. The van der Waals surface area contributed by atoms with Gasteiger partial charge in [0.1, 0.15) is 11.3 Å². The minimum Gasteiger partial charge on any atom is -0.506 e. The molecule has 1 N–H and O–H groups in total. The third-order valence-electron chi connectivity index (χ3n) is 2.98. The fourth-order valence-electron chi connectivity index (χ4n) is 1.87. The molecule has 2 rings (SSSR count). The molecule has 0 aliphatic heterocycles. The van der Waals surface area contributed by atoms with Gasteiger partial charge >= 0.3 is 11.9 Å². The third-order valence-corrected chi connectivity index (χ3v) is 4.29. The predicted octanol–water partition coefficient (Wildman–Crippen LogP) is 3.77. The van der Waals surface area contributed by atoms with E-state index in [9.17, 15) is 14.7 Å². The molecule has 0 saturated heterocycles. The van der Waals surface area contributed by atoms with Crippen molar-refractivity contribution in [2.45, 2.75) is 9.79 Å². The fraction of sp³-hybridized carbons (Fsp3) is 0.125. The zero-order valence-corrected chi connectivity index (χ0v) is 13.9. The lowest BCUT2D eigenvalue weighted by Gasteiger charge is -2.12. The Hall–Kier alpha value is -2.18. The first-order valence-corrected chi connectivity index (χ1v) is 7.63. The highest BCUT2D eigenvalue weighted by atomic mass is 35.5. The van der Waals surface area contributed by atoms with Crippen molar-refractivity contribution in [2.75, 3.05) is 14.2 Å². The van der Waals surface area contributed by atoms with Crippen LogP contribution in [0.2, 0.25) is 5.02 Å². The van der Waals surface area contributed by atoms with E-state index < -0.39 is 11.9 Å².